The Bertz CT molecular complexity index is 737. The molecular formula is C16H17F3N4O3. The molecular weight excluding hydrogens is 353 g/mol. The van der Waals surface area contributed by atoms with E-state index in [9.17, 15) is 18.0 Å². The molecule has 1 fully saturated rings. The highest BCUT2D eigenvalue weighted by Gasteiger charge is 2.31. The van der Waals surface area contributed by atoms with E-state index in [1.807, 2.05) is 0 Å². The van der Waals surface area contributed by atoms with E-state index in [2.05, 4.69) is 25.8 Å². The monoisotopic (exact) mass is 370 g/mol. The largest absolute Gasteiger partial charge is 0.492 e. The highest BCUT2D eigenvalue weighted by molar-refractivity contribution is 5.81. The number of hydrogen-bond donors (Lipinski definition) is 3. The third kappa shape index (κ3) is 4.73. The van der Waals surface area contributed by atoms with Crippen LogP contribution in [0, 0.1) is 0 Å². The summed E-state index contributed by atoms with van der Waals surface area (Å²) in [7, 11) is 0. The smallest absolute Gasteiger partial charge is 0.416 e. The third-order valence-electron chi connectivity index (χ3n) is 3.85. The minimum Gasteiger partial charge on any atom is -0.492 e. The van der Waals surface area contributed by atoms with Crippen molar-refractivity contribution in [1.82, 2.24) is 21.3 Å². The highest BCUT2D eigenvalue weighted by Crippen LogP contribution is 2.31. The standard InChI is InChI=1S/C16H17F3N4O3/c17-16(18,19)10-2-1-3-13(6-10)25-9-12-7-14(22-21-12)15(24)20-8-11-4-5-26-23-11/h1-6,12,14,21-22H,7-9H2,(H,20,24). The van der Waals surface area contributed by atoms with Crippen LogP contribution in [0.2, 0.25) is 0 Å². The molecule has 10 heteroatoms. The fourth-order valence-corrected chi connectivity index (χ4v) is 2.49. The number of halogens is 3. The van der Waals surface area contributed by atoms with E-state index >= 15 is 0 Å². The number of amides is 1. The van der Waals surface area contributed by atoms with Crippen molar-refractivity contribution in [3.8, 4) is 5.75 Å². The van der Waals surface area contributed by atoms with Crippen LogP contribution in [0.5, 0.6) is 5.75 Å². The van der Waals surface area contributed by atoms with Crippen molar-refractivity contribution in [2.45, 2.75) is 31.2 Å². The van der Waals surface area contributed by atoms with Crippen LogP contribution in [-0.4, -0.2) is 29.8 Å². The zero-order valence-corrected chi connectivity index (χ0v) is 13.5. The van der Waals surface area contributed by atoms with Gasteiger partial charge in [0.1, 0.15) is 30.4 Å². The molecule has 2 heterocycles. The summed E-state index contributed by atoms with van der Waals surface area (Å²) in [5, 5.41) is 6.41. The van der Waals surface area contributed by atoms with Gasteiger partial charge in [-0.05, 0) is 24.6 Å². The molecule has 140 valence electrons. The summed E-state index contributed by atoms with van der Waals surface area (Å²) in [6.07, 6.45) is -2.57. The number of alkyl halides is 3. The predicted octanol–water partition coefficient (Wildman–Crippen LogP) is 1.62. The van der Waals surface area contributed by atoms with Crippen LogP contribution in [0.1, 0.15) is 17.7 Å². The van der Waals surface area contributed by atoms with Crippen molar-refractivity contribution in [3.05, 3.63) is 47.9 Å². The van der Waals surface area contributed by atoms with Gasteiger partial charge < -0.3 is 14.6 Å². The van der Waals surface area contributed by atoms with E-state index in [1.54, 1.807) is 6.07 Å². The van der Waals surface area contributed by atoms with Crippen LogP contribution in [-0.2, 0) is 17.5 Å². The summed E-state index contributed by atoms with van der Waals surface area (Å²) < 4.78 is 48.2. The molecule has 0 aliphatic carbocycles. The topological polar surface area (TPSA) is 88.4 Å². The molecule has 1 aliphatic heterocycles. The first-order valence-electron chi connectivity index (χ1n) is 7.90. The van der Waals surface area contributed by atoms with Gasteiger partial charge in [-0.1, -0.05) is 11.2 Å². The molecule has 0 saturated carbocycles. The van der Waals surface area contributed by atoms with Crippen molar-refractivity contribution in [1.29, 1.82) is 0 Å². The van der Waals surface area contributed by atoms with Gasteiger partial charge in [-0.15, -0.1) is 0 Å². The SMILES string of the molecule is O=C(NCc1ccon1)C1CC(COc2cccc(C(F)(F)F)c2)NN1. The van der Waals surface area contributed by atoms with Crippen molar-refractivity contribution >= 4 is 5.91 Å². The minimum atomic E-state index is -4.42. The molecule has 2 atom stereocenters. The highest BCUT2D eigenvalue weighted by atomic mass is 19.4. The number of benzene rings is 1. The molecule has 7 nitrogen and oxygen atoms in total. The fourth-order valence-electron chi connectivity index (χ4n) is 2.49. The number of ether oxygens (including phenoxy) is 1. The quantitative estimate of drug-likeness (QED) is 0.716. The Morgan fingerprint density at radius 1 is 1.35 bits per heavy atom. The van der Waals surface area contributed by atoms with E-state index in [-0.39, 0.29) is 30.9 Å². The minimum absolute atomic E-state index is 0.126. The second-order valence-corrected chi connectivity index (χ2v) is 5.82. The van der Waals surface area contributed by atoms with E-state index in [4.69, 9.17) is 4.74 Å². The van der Waals surface area contributed by atoms with Gasteiger partial charge in [0.15, 0.2) is 0 Å². The number of carbonyl (C=O) groups is 1. The normalized spacial score (nSPS) is 20.1. The van der Waals surface area contributed by atoms with Crippen molar-refractivity contribution < 1.29 is 27.2 Å². The lowest BCUT2D eigenvalue weighted by Gasteiger charge is -2.13. The number of nitrogens with one attached hydrogen (secondary N) is 3. The molecule has 0 bridgehead atoms. The first-order chi connectivity index (χ1) is 12.4. The Balaban J connectivity index is 1.45. The summed E-state index contributed by atoms with van der Waals surface area (Å²) >= 11 is 0. The summed E-state index contributed by atoms with van der Waals surface area (Å²) in [6.45, 7) is 0.375. The maximum absolute atomic E-state index is 12.7. The summed E-state index contributed by atoms with van der Waals surface area (Å²) in [5.74, 6) is -0.0948. The van der Waals surface area contributed by atoms with Gasteiger partial charge >= 0.3 is 6.18 Å². The third-order valence-corrected chi connectivity index (χ3v) is 3.85. The maximum Gasteiger partial charge on any atom is 0.416 e. The number of aromatic nitrogens is 1. The van der Waals surface area contributed by atoms with E-state index < -0.39 is 17.8 Å². The Kier molecular flexibility index (Phi) is 5.43. The van der Waals surface area contributed by atoms with Crippen molar-refractivity contribution in [2.24, 2.45) is 0 Å². The van der Waals surface area contributed by atoms with Crippen LogP contribution in [0.4, 0.5) is 13.2 Å². The van der Waals surface area contributed by atoms with Gasteiger partial charge in [0, 0.05) is 6.07 Å². The molecule has 1 amide bonds. The molecule has 3 rings (SSSR count). The molecule has 3 N–H and O–H groups in total. The Hall–Kier alpha value is -2.59. The van der Waals surface area contributed by atoms with Gasteiger partial charge in [-0.2, -0.15) is 13.2 Å². The summed E-state index contributed by atoms with van der Waals surface area (Å²) in [6, 6.07) is 5.64. The average Bonchev–Trinajstić information content (AvgIpc) is 3.29. The molecule has 26 heavy (non-hydrogen) atoms. The number of rotatable bonds is 6. The first kappa shape index (κ1) is 18.2. The zero-order chi connectivity index (χ0) is 18.6. The van der Waals surface area contributed by atoms with Gasteiger partial charge in [0.25, 0.3) is 0 Å². The lowest BCUT2D eigenvalue weighted by atomic mass is 10.1. The Morgan fingerprint density at radius 2 is 2.19 bits per heavy atom. The van der Waals surface area contributed by atoms with Gasteiger partial charge in [-0.25, -0.2) is 5.43 Å². The second kappa shape index (κ2) is 7.75. The van der Waals surface area contributed by atoms with Crippen LogP contribution in [0.3, 0.4) is 0 Å². The number of hydrazine groups is 1. The maximum atomic E-state index is 12.7. The molecule has 1 saturated heterocycles. The Morgan fingerprint density at radius 3 is 2.92 bits per heavy atom. The van der Waals surface area contributed by atoms with Gasteiger partial charge in [0.2, 0.25) is 5.91 Å². The zero-order valence-electron chi connectivity index (χ0n) is 13.5. The molecule has 1 aromatic heterocycles. The lowest BCUT2D eigenvalue weighted by Crippen LogP contribution is -2.43. The molecule has 0 spiro atoms. The second-order valence-electron chi connectivity index (χ2n) is 5.82. The van der Waals surface area contributed by atoms with Gasteiger partial charge in [-0.3, -0.25) is 10.2 Å². The predicted molar refractivity (Wildman–Crippen MR) is 83.8 cm³/mol. The van der Waals surface area contributed by atoms with E-state index in [0.29, 0.717) is 12.1 Å². The van der Waals surface area contributed by atoms with E-state index in [1.165, 1.54) is 18.4 Å². The number of hydrogen-bond acceptors (Lipinski definition) is 6. The number of nitrogens with zero attached hydrogens (tertiary/aromatic N) is 1. The fraction of sp³-hybridized carbons (Fsp3) is 0.375. The van der Waals surface area contributed by atoms with Crippen LogP contribution in [0.15, 0.2) is 41.1 Å². The Labute approximate surface area is 146 Å². The number of carbonyl (C=O) groups excluding carboxylic acids is 1. The van der Waals surface area contributed by atoms with Crippen molar-refractivity contribution in [3.63, 3.8) is 0 Å². The molecule has 0 radical (unpaired) electrons. The average molecular weight is 370 g/mol. The molecule has 1 aliphatic rings. The van der Waals surface area contributed by atoms with E-state index in [0.717, 1.165) is 12.1 Å². The van der Waals surface area contributed by atoms with Crippen LogP contribution >= 0.6 is 0 Å². The summed E-state index contributed by atoms with van der Waals surface area (Å²) in [4.78, 5) is 12.1. The summed E-state index contributed by atoms with van der Waals surface area (Å²) in [5.41, 5.74) is 5.59. The van der Waals surface area contributed by atoms with Crippen molar-refractivity contribution in [2.75, 3.05) is 6.61 Å². The molecule has 2 unspecified atom stereocenters. The first-order valence-corrected chi connectivity index (χ1v) is 7.90. The van der Waals surface area contributed by atoms with Crippen LogP contribution in [0.25, 0.3) is 0 Å². The lowest BCUT2D eigenvalue weighted by molar-refractivity contribution is -0.137. The molecule has 1 aromatic carbocycles. The van der Waals surface area contributed by atoms with Crippen LogP contribution < -0.4 is 20.9 Å². The molecule has 2 aromatic rings. The van der Waals surface area contributed by atoms with Gasteiger partial charge in [0.05, 0.1) is 18.2 Å².